The van der Waals surface area contributed by atoms with Crippen LogP contribution in [0.2, 0.25) is 0 Å². The summed E-state index contributed by atoms with van der Waals surface area (Å²) in [4.78, 5) is 14.3. The van der Waals surface area contributed by atoms with E-state index in [1.165, 1.54) is 5.69 Å². The Morgan fingerprint density at radius 2 is 1.89 bits per heavy atom. The van der Waals surface area contributed by atoms with Gasteiger partial charge in [0.05, 0.1) is 9.26 Å². The number of para-hydroxylation sites is 1. The van der Waals surface area contributed by atoms with E-state index < -0.39 is 0 Å². The first kappa shape index (κ1) is 18.2. The van der Waals surface area contributed by atoms with Gasteiger partial charge in [-0.05, 0) is 54.5 Å². The molecule has 0 radical (unpaired) electrons. The standard InChI is InChI=1S/C21H25IN6/c1-15-18(22)19-24-9-12-28(19)20(25-15)26-10-7-21(8-11-26)14-27(13-17(21)23)16-5-3-2-4-6-16/h2-6,9,12,17H,7-8,10-11,13-14,23H2,1H3. The Labute approximate surface area is 178 Å². The maximum Gasteiger partial charge on any atom is 0.211 e. The van der Waals surface area contributed by atoms with E-state index in [0.717, 1.165) is 59.9 Å². The Bertz CT molecular complexity index is 993. The first-order valence-corrected chi connectivity index (χ1v) is 10.9. The van der Waals surface area contributed by atoms with Crippen LogP contribution in [-0.4, -0.2) is 46.6 Å². The molecule has 2 aliphatic rings. The number of imidazole rings is 1. The predicted molar refractivity (Wildman–Crippen MR) is 121 cm³/mol. The van der Waals surface area contributed by atoms with Crippen LogP contribution in [0.15, 0.2) is 42.7 Å². The zero-order valence-corrected chi connectivity index (χ0v) is 18.2. The average Bonchev–Trinajstić information content (AvgIpc) is 3.32. The number of piperidine rings is 1. The van der Waals surface area contributed by atoms with Crippen molar-refractivity contribution in [1.82, 2.24) is 14.4 Å². The minimum absolute atomic E-state index is 0.193. The molecule has 0 amide bonds. The van der Waals surface area contributed by atoms with E-state index in [2.05, 4.69) is 79.0 Å². The molecule has 1 aromatic carbocycles. The van der Waals surface area contributed by atoms with Crippen molar-refractivity contribution in [3.8, 4) is 0 Å². The minimum atomic E-state index is 0.193. The van der Waals surface area contributed by atoms with E-state index in [1.54, 1.807) is 0 Å². The van der Waals surface area contributed by atoms with Gasteiger partial charge in [0.25, 0.3) is 0 Å². The van der Waals surface area contributed by atoms with Gasteiger partial charge in [-0.2, -0.15) is 0 Å². The van der Waals surface area contributed by atoms with E-state index in [-0.39, 0.29) is 11.5 Å². The van der Waals surface area contributed by atoms with Crippen molar-refractivity contribution in [2.24, 2.45) is 11.1 Å². The molecule has 4 heterocycles. The molecule has 146 valence electrons. The lowest BCUT2D eigenvalue weighted by Gasteiger charge is -2.42. The summed E-state index contributed by atoms with van der Waals surface area (Å²) in [5, 5.41) is 0. The van der Waals surface area contributed by atoms with Crippen molar-refractivity contribution in [3.05, 3.63) is 52.0 Å². The van der Waals surface area contributed by atoms with Gasteiger partial charge >= 0.3 is 0 Å². The maximum absolute atomic E-state index is 6.68. The van der Waals surface area contributed by atoms with Gasteiger partial charge in [-0.25, -0.2) is 9.97 Å². The zero-order valence-electron chi connectivity index (χ0n) is 16.1. The second-order valence-corrected chi connectivity index (χ2v) is 9.18. The monoisotopic (exact) mass is 488 g/mol. The van der Waals surface area contributed by atoms with Gasteiger partial charge in [-0.3, -0.25) is 4.40 Å². The molecule has 0 aliphatic carbocycles. The summed E-state index contributed by atoms with van der Waals surface area (Å²) in [7, 11) is 0. The Morgan fingerprint density at radius 1 is 1.14 bits per heavy atom. The summed E-state index contributed by atoms with van der Waals surface area (Å²) >= 11 is 2.34. The van der Waals surface area contributed by atoms with Crippen LogP contribution in [0.4, 0.5) is 11.6 Å². The Kier molecular flexibility index (Phi) is 4.46. The fraction of sp³-hybridized carbons (Fsp3) is 0.429. The van der Waals surface area contributed by atoms with Crippen LogP contribution in [0, 0.1) is 15.9 Å². The molecule has 3 aromatic rings. The highest BCUT2D eigenvalue weighted by Crippen LogP contribution is 2.42. The molecule has 0 bridgehead atoms. The smallest absolute Gasteiger partial charge is 0.211 e. The van der Waals surface area contributed by atoms with Crippen LogP contribution < -0.4 is 15.5 Å². The molecule has 5 rings (SSSR count). The second kappa shape index (κ2) is 6.88. The summed E-state index contributed by atoms with van der Waals surface area (Å²) in [5.74, 6) is 1.01. The van der Waals surface area contributed by atoms with Crippen molar-refractivity contribution >= 4 is 39.9 Å². The molecule has 2 fully saturated rings. The third-order valence-corrected chi connectivity index (χ3v) is 7.77. The lowest BCUT2D eigenvalue weighted by Crippen LogP contribution is -2.49. The highest BCUT2D eigenvalue weighted by molar-refractivity contribution is 14.1. The van der Waals surface area contributed by atoms with Crippen LogP contribution >= 0.6 is 22.6 Å². The number of hydrogen-bond acceptors (Lipinski definition) is 5. The highest BCUT2D eigenvalue weighted by Gasteiger charge is 2.46. The summed E-state index contributed by atoms with van der Waals surface area (Å²) in [6.45, 7) is 6.02. The maximum atomic E-state index is 6.68. The van der Waals surface area contributed by atoms with Gasteiger partial charge < -0.3 is 15.5 Å². The number of nitrogens with zero attached hydrogens (tertiary/aromatic N) is 5. The summed E-state index contributed by atoms with van der Waals surface area (Å²) in [6.07, 6.45) is 6.07. The Hall–Kier alpha value is -1.87. The molecule has 1 atom stereocenters. The molecule has 2 aliphatic heterocycles. The molecule has 6 nitrogen and oxygen atoms in total. The third kappa shape index (κ3) is 2.86. The minimum Gasteiger partial charge on any atom is -0.369 e. The topological polar surface area (TPSA) is 62.7 Å². The number of nitrogens with two attached hydrogens (primary N) is 1. The van der Waals surface area contributed by atoms with E-state index in [1.807, 2.05) is 12.4 Å². The molecular weight excluding hydrogens is 463 g/mol. The zero-order chi connectivity index (χ0) is 19.3. The molecule has 2 aromatic heterocycles. The molecule has 7 heteroatoms. The summed E-state index contributed by atoms with van der Waals surface area (Å²) < 4.78 is 3.24. The molecule has 1 spiro atoms. The number of hydrogen-bond donors (Lipinski definition) is 1. The summed E-state index contributed by atoms with van der Waals surface area (Å²) in [5.41, 5.74) is 10.2. The number of rotatable bonds is 2. The fourth-order valence-electron chi connectivity index (χ4n) is 4.77. The first-order chi connectivity index (χ1) is 13.6. The lowest BCUT2D eigenvalue weighted by atomic mass is 9.75. The van der Waals surface area contributed by atoms with Crippen molar-refractivity contribution in [1.29, 1.82) is 0 Å². The van der Waals surface area contributed by atoms with Gasteiger partial charge in [0, 0.05) is 55.7 Å². The number of anilines is 2. The van der Waals surface area contributed by atoms with Gasteiger partial charge in [0.15, 0.2) is 5.65 Å². The lowest BCUT2D eigenvalue weighted by molar-refractivity contribution is 0.219. The van der Waals surface area contributed by atoms with Gasteiger partial charge in [-0.15, -0.1) is 0 Å². The number of halogens is 1. The molecule has 1 unspecified atom stereocenters. The van der Waals surface area contributed by atoms with Crippen molar-refractivity contribution in [2.75, 3.05) is 36.0 Å². The van der Waals surface area contributed by atoms with Crippen molar-refractivity contribution in [3.63, 3.8) is 0 Å². The predicted octanol–water partition coefficient (Wildman–Crippen LogP) is 3.08. The van der Waals surface area contributed by atoms with Crippen LogP contribution in [0.1, 0.15) is 18.5 Å². The molecule has 2 N–H and O–H groups in total. The van der Waals surface area contributed by atoms with Crippen LogP contribution in [0.25, 0.3) is 5.65 Å². The van der Waals surface area contributed by atoms with Gasteiger partial charge in [0.1, 0.15) is 0 Å². The van der Waals surface area contributed by atoms with Crippen LogP contribution in [0.3, 0.4) is 0 Å². The molecule has 0 saturated carbocycles. The SMILES string of the molecule is Cc1nc(N2CCC3(CC2)CN(c2ccccc2)CC3N)n2ccnc2c1I. The Balaban J connectivity index is 1.37. The quantitative estimate of drug-likeness (QED) is 0.562. The van der Waals surface area contributed by atoms with Gasteiger partial charge in [-0.1, -0.05) is 18.2 Å². The normalized spacial score (nSPS) is 21.8. The van der Waals surface area contributed by atoms with Gasteiger partial charge in [0.2, 0.25) is 5.95 Å². The van der Waals surface area contributed by atoms with E-state index in [0.29, 0.717) is 0 Å². The highest BCUT2D eigenvalue weighted by atomic mass is 127. The van der Waals surface area contributed by atoms with Crippen molar-refractivity contribution in [2.45, 2.75) is 25.8 Å². The third-order valence-electron chi connectivity index (χ3n) is 6.51. The van der Waals surface area contributed by atoms with Crippen LogP contribution in [0.5, 0.6) is 0 Å². The number of aryl methyl sites for hydroxylation is 1. The van der Waals surface area contributed by atoms with E-state index in [4.69, 9.17) is 10.7 Å². The molecule has 2 saturated heterocycles. The number of fused-ring (bicyclic) bond motifs is 1. The molecule has 28 heavy (non-hydrogen) atoms. The average molecular weight is 488 g/mol. The first-order valence-electron chi connectivity index (χ1n) is 9.87. The fourth-order valence-corrected chi connectivity index (χ4v) is 5.29. The van der Waals surface area contributed by atoms with E-state index in [9.17, 15) is 0 Å². The summed E-state index contributed by atoms with van der Waals surface area (Å²) in [6, 6.07) is 10.9. The largest absolute Gasteiger partial charge is 0.369 e. The number of benzene rings is 1. The van der Waals surface area contributed by atoms with Crippen molar-refractivity contribution < 1.29 is 0 Å². The second-order valence-electron chi connectivity index (χ2n) is 8.10. The Morgan fingerprint density at radius 3 is 2.64 bits per heavy atom. The van der Waals surface area contributed by atoms with E-state index >= 15 is 0 Å². The number of aromatic nitrogens is 3. The van der Waals surface area contributed by atoms with Crippen LogP contribution in [-0.2, 0) is 0 Å². The molecular formula is C21H25IN6.